The van der Waals surface area contributed by atoms with E-state index in [4.69, 9.17) is 0 Å². The average Bonchev–Trinajstić information content (AvgIpc) is 1.97. The number of rotatable bonds is 1. The molecule has 0 bridgehead atoms. The molecule has 1 saturated carbocycles. The third-order valence-electron chi connectivity index (χ3n) is 2.80. The molecule has 2 N–H and O–H groups in total. The van der Waals surface area contributed by atoms with Crippen LogP contribution in [0.1, 0.15) is 33.1 Å². The summed E-state index contributed by atoms with van der Waals surface area (Å²) in [6.07, 6.45) is 0.854. The Labute approximate surface area is 72.4 Å². The molecule has 0 spiro atoms. The van der Waals surface area contributed by atoms with Crippen molar-refractivity contribution in [2.45, 2.75) is 44.8 Å². The van der Waals surface area contributed by atoms with Gasteiger partial charge in [-0.3, -0.25) is 4.79 Å². The molecule has 70 valence electrons. The highest BCUT2D eigenvalue weighted by atomic mass is 16.3. The van der Waals surface area contributed by atoms with Crippen LogP contribution >= 0.6 is 0 Å². The summed E-state index contributed by atoms with van der Waals surface area (Å²) in [4.78, 5) is 11.0. The molecule has 3 atom stereocenters. The predicted octanol–water partition coefficient (Wildman–Crippen LogP) is 0.487. The summed E-state index contributed by atoms with van der Waals surface area (Å²) in [5.74, 6) is 0.0847. The van der Waals surface area contributed by atoms with Crippen molar-refractivity contribution in [3.63, 3.8) is 0 Å². The van der Waals surface area contributed by atoms with Crippen LogP contribution in [0.4, 0.5) is 0 Å². The van der Waals surface area contributed by atoms with Gasteiger partial charge in [0.2, 0.25) is 0 Å². The molecule has 0 aromatic heterocycles. The van der Waals surface area contributed by atoms with Crippen LogP contribution in [0.2, 0.25) is 0 Å². The van der Waals surface area contributed by atoms with E-state index in [1.165, 1.54) is 6.92 Å². The molecule has 0 aliphatic heterocycles. The standard InChI is InChI=1S/C9H16O3/c1-6-3-4-9(12,7(2)10)8(11)5-6/h6,8,11-12H,3-5H2,1-2H3. The first-order valence-corrected chi connectivity index (χ1v) is 4.38. The zero-order chi connectivity index (χ0) is 9.35. The lowest BCUT2D eigenvalue weighted by Crippen LogP contribution is -2.51. The highest BCUT2D eigenvalue weighted by Gasteiger charge is 2.43. The van der Waals surface area contributed by atoms with Crippen molar-refractivity contribution >= 4 is 5.78 Å². The Bertz CT molecular complexity index is 190. The van der Waals surface area contributed by atoms with Gasteiger partial charge in [-0.05, 0) is 32.1 Å². The van der Waals surface area contributed by atoms with E-state index in [-0.39, 0.29) is 5.78 Å². The first-order valence-electron chi connectivity index (χ1n) is 4.38. The van der Waals surface area contributed by atoms with Crippen molar-refractivity contribution in [2.24, 2.45) is 5.92 Å². The average molecular weight is 172 g/mol. The predicted molar refractivity (Wildman–Crippen MR) is 44.7 cm³/mol. The SMILES string of the molecule is CC(=O)C1(O)CCC(C)CC1O. The van der Waals surface area contributed by atoms with Crippen molar-refractivity contribution in [3.05, 3.63) is 0 Å². The molecule has 3 heteroatoms. The van der Waals surface area contributed by atoms with E-state index in [0.717, 1.165) is 6.42 Å². The summed E-state index contributed by atoms with van der Waals surface area (Å²) >= 11 is 0. The van der Waals surface area contributed by atoms with Crippen molar-refractivity contribution in [3.8, 4) is 0 Å². The van der Waals surface area contributed by atoms with Crippen LogP contribution in [0, 0.1) is 5.92 Å². The van der Waals surface area contributed by atoms with Gasteiger partial charge in [0, 0.05) is 0 Å². The van der Waals surface area contributed by atoms with Crippen LogP contribution in [-0.2, 0) is 4.79 Å². The topological polar surface area (TPSA) is 57.5 Å². The molecule has 0 aromatic carbocycles. The number of carbonyl (C=O) groups excluding carboxylic acids is 1. The van der Waals surface area contributed by atoms with Gasteiger partial charge >= 0.3 is 0 Å². The second-order valence-corrected chi connectivity index (χ2v) is 3.88. The lowest BCUT2D eigenvalue weighted by atomic mass is 9.75. The van der Waals surface area contributed by atoms with Gasteiger partial charge < -0.3 is 10.2 Å². The third-order valence-corrected chi connectivity index (χ3v) is 2.80. The molecule has 3 nitrogen and oxygen atoms in total. The number of aliphatic hydroxyl groups excluding tert-OH is 1. The molecular formula is C9H16O3. The lowest BCUT2D eigenvalue weighted by molar-refractivity contribution is -0.156. The van der Waals surface area contributed by atoms with Crippen LogP contribution in [0.15, 0.2) is 0 Å². The summed E-state index contributed by atoms with van der Waals surface area (Å²) in [6, 6.07) is 0. The molecule has 0 radical (unpaired) electrons. The van der Waals surface area contributed by atoms with Gasteiger partial charge in [0.25, 0.3) is 0 Å². The molecule has 1 aliphatic rings. The van der Waals surface area contributed by atoms with Gasteiger partial charge in [-0.25, -0.2) is 0 Å². The Morgan fingerprint density at radius 3 is 2.58 bits per heavy atom. The van der Waals surface area contributed by atoms with Crippen LogP contribution < -0.4 is 0 Å². The van der Waals surface area contributed by atoms with E-state index in [1.54, 1.807) is 0 Å². The molecule has 1 aliphatic carbocycles. The second-order valence-electron chi connectivity index (χ2n) is 3.88. The second kappa shape index (κ2) is 3.15. The van der Waals surface area contributed by atoms with Crippen molar-refractivity contribution < 1.29 is 15.0 Å². The number of hydrogen-bond donors (Lipinski definition) is 2. The van der Waals surface area contributed by atoms with E-state index in [1.807, 2.05) is 6.92 Å². The molecule has 1 rings (SSSR count). The maximum absolute atomic E-state index is 11.0. The monoisotopic (exact) mass is 172 g/mol. The molecular weight excluding hydrogens is 156 g/mol. The molecule has 1 fully saturated rings. The van der Waals surface area contributed by atoms with Gasteiger partial charge in [0.1, 0.15) is 5.60 Å². The molecule has 0 heterocycles. The highest BCUT2D eigenvalue weighted by molar-refractivity contribution is 5.85. The summed E-state index contributed by atoms with van der Waals surface area (Å²) < 4.78 is 0. The van der Waals surface area contributed by atoms with E-state index < -0.39 is 11.7 Å². The fraction of sp³-hybridized carbons (Fsp3) is 0.889. The van der Waals surface area contributed by atoms with Crippen LogP contribution in [0.3, 0.4) is 0 Å². The van der Waals surface area contributed by atoms with Crippen LogP contribution in [0.5, 0.6) is 0 Å². The summed E-state index contributed by atoms with van der Waals surface area (Å²) in [6.45, 7) is 3.35. The molecule has 3 unspecified atom stereocenters. The fourth-order valence-corrected chi connectivity index (χ4v) is 1.74. The molecule has 12 heavy (non-hydrogen) atoms. The summed E-state index contributed by atoms with van der Waals surface area (Å²) in [7, 11) is 0. The normalized spacial score (nSPS) is 42.7. The Morgan fingerprint density at radius 1 is 1.58 bits per heavy atom. The molecule has 0 amide bonds. The molecule has 0 aromatic rings. The van der Waals surface area contributed by atoms with Crippen molar-refractivity contribution in [1.29, 1.82) is 0 Å². The maximum Gasteiger partial charge on any atom is 0.163 e. The zero-order valence-corrected chi connectivity index (χ0v) is 7.58. The maximum atomic E-state index is 11.0. The number of carbonyl (C=O) groups is 1. The highest BCUT2D eigenvalue weighted by Crippen LogP contribution is 2.32. The smallest absolute Gasteiger partial charge is 0.163 e. The number of hydrogen-bond acceptors (Lipinski definition) is 3. The number of ketones is 1. The minimum absolute atomic E-state index is 0.318. The third kappa shape index (κ3) is 1.52. The number of Topliss-reactive ketones (excluding diaryl/α,β-unsaturated/α-hetero) is 1. The van der Waals surface area contributed by atoms with Crippen molar-refractivity contribution in [1.82, 2.24) is 0 Å². The zero-order valence-electron chi connectivity index (χ0n) is 7.58. The minimum Gasteiger partial charge on any atom is -0.390 e. The number of aliphatic hydroxyl groups is 2. The minimum atomic E-state index is -1.47. The van der Waals surface area contributed by atoms with E-state index >= 15 is 0 Å². The van der Waals surface area contributed by atoms with E-state index in [2.05, 4.69) is 0 Å². The van der Waals surface area contributed by atoms with Crippen LogP contribution in [-0.4, -0.2) is 27.7 Å². The molecule has 0 saturated heterocycles. The van der Waals surface area contributed by atoms with Gasteiger partial charge in [0.15, 0.2) is 5.78 Å². The Kier molecular flexibility index (Phi) is 2.54. The fourth-order valence-electron chi connectivity index (χ4n) is 1.74. The summed E-state index contributed by atoms with van der Waals surface area (Å²) in [5, 5.41) is 19.2. The van der Waals surface area contributed by atoms with Crippen LogP contribution in [0.25, 0.3) is 0 Å². The van der Waals surface area contributed by atoms with E-state index in [9.17, 15) is 15.0 Å². The quantitative estimate of drug-likeness (QED) is 0.605. The summed E-state index contributed by atoms with van der Waals surface area (Å²) in [5.41, 5.74) is -1.47. The van der Waals surface area contributed by atoms with Gasteiger partial charge in [0.05, 0.1) is 6.10 Å². The Morgan fingerprint density at radius 2 is 2.17 bits per heavy atom. The van der Waals surface area contributed by atoms with Gasteiger partial charge in [-0.15, -0.1) is 0 Å². The van der Waals surface area contributed by atoms with E-state index in [0.29, 0.717) is 18.8 Å². The largest absolute Gasteiger partial charge is 0.390 e. The van der Waals surface area contributed by atoms with Gasteiger partial charge in [-0.2, -0.15) is 0 Å². The first-order chi connectivity index (χ1) is 5.47. The lowest BCUT2D eigenvalue weighted by Gasteiger charge is -2.37. The Hall–Kier alpha value is -0.410. The Balaban J connectivity index is 2.72. The van der Waals surface area contributed by atoms with Crippen molar-refractivity contribution in [2.75, 3.05) is 0 Å². The first kappa shape index (κ1) is 9.68. The van der Waals surface area contributed by atoms with Gasteiger partial charge in [-0.1, -0.05) is 6.92 Å².